The van der Waals surface area contributed by atoms with Crippen molar-refractivity contribution in [2.45, 2.75) is 26.6 Å². The van der Waals surface area contributed by atoms with Crippen LogP contribution >= 0.6 is 0 Å². The zero-order chi connectivity index (χ0) is 7.11. The Hall–Kier alpha value is -0.120. The number of hydrogen-bond acceptors (Lipinski definition) is 2. The summed E-state index contributed by atoms with van der Waals surface area (Å²) in [4.78, 5) is 4.83. The van der Waals surface area contributed by atoms with Gasteiger partial charge in [-0.1, -0.05) is 12.4 Å². The molecule has 0 amide bonds. The van der Waals surface area contributed by atoms with E-state index in [4.69, 9.17) is 9.57 Å². The van der Waals surface area contributed by atoms with E-state index >= 15 is 0 Å². The van der Waals surface area contributed by atoms with Gasteiger partial charge in [0.25, 0.3) is 0 Å². The predicted octanol–water partition coefficient (Wildman–Crippen LogP) is 0.925. The van der Waals surface area contributed by atoms with E-state index in [-0.39, 0.29) is 6.29 Å². The van der Waals surface area contributed by atoms with E-state index in [9.17, 15) is 0 Å². The summed E-state index contributed by atoms with van der Waals surface area (Å²) in [6.45, 7) is 4.59. The fourth-order valence-corrected chi connectivity index (χ4v) is 0.292. The van der Waals surface area contributed by atoms with Crippen molar-refractivity contribution < 1.29 is 9.57 Å². The van der Waals surface area contributed by atoms with E-state index in [1.165, 1.54) is 0 Å². The molecule has 0 aromatic rings. The Balaban J connectivity index is 2.88. The van der Waals surface area contributed by atoms with Crippen molar-refractivity contribution >= 4 is 0 Å². The Bertz CT molecular complexity index is 59.0. The van der Waals surface area contributed by atoms with Gasteiger partial charge in [0.05, 0.1) is 0 Å². The summed E-state index contributed by atoms with van der Waals surface area (Å²) in [5.41, 5.74) is 3.74. The lowest BCUT2D eigenvalue weighted by atomic mass is 10.5. The van der Waals surface area contributed by atoms with Crippen LogP contribution in [0.3, 0.4) is 0 Å². The second-order valence-corrected chi connectivity index (χ2v) is 1.76. The average molecular weight is 132 g/mol. The maximum Gasteiger partial charge on any atom is 0.176 e. The van der Waals surface area contributed by atoms with Crippen LogP contribution in [0.5, 0.6) is 0 Å². The highest BCUT2D eigenvalue weighted by atomic mass is 16.8. The molecule has 1 radical (unpaired) electrons. The summed E-state index contributed by atoms with van der Waals surface area (Å²) in [7, 11) is 1.59. The molecule has 0 fully saturated rings. The minimum absolute atomic E-state index is 0.212. The van der Waals surface area contributed by atoms with Crippen molar-refractivity contribution in [2.24, 2.45) is 0 Å². The predicted molar refractivity (Wildman–Crippen MR) is 34.8 cm³/mol. The van der Waals surface area contributed by atoms with Gasteiger partial charge in [0.2, 0.25) is 0 Å². The molecule has 0 bridgehead atoms. The Kier molecular flexibility index (Phi) is 5.93. The monoisotopic (exact) mass is 132 g/mol. The summed E-state index contributed by atoms with van der Waals surface area (Å²) < 4.78 is 4.78. The molecular weight excluding hydrogens is 118 g/mol. The lowest BCUT2D eigenvalue weighted by Crippen LogP contribution is -2.17. The fraction of sp³-hybridized carbons (Fsp3) is 1.00. The highest BCUT2D eigenvalue weighted by Crippen LogP contribution is 1.87. The van der Waals surface area contributed by atoms with Crippen LogP contribution in [0, 0.1) is 0 Å². The first-order valence-corrected chi connectivity index (χ1v) is 3.16. The van der Waals surface area contributed by atoms with Crippen molar-refractivity contribution in [1.82, 2.24) is 5.48 Å². The molecule has 3 nitrogen and oxygen atoms in total. The van der Waals surface area contributed by atoms with Crippen LogP contribution in [-0.4, -0.2) is 19.9 Å². The number of rotatable bonds is 5. The summed E-state index contributed by atoms with van der Waals surface area (Å²) in [5.74, 6) is 0. The van der Waals surface area contributed by atoms with Crippen molar-refractivity contribution in [3.63, 3.8) is 0 Å². The quantitative estimate of drug-likeness (QED) is 0.316. The Morgan fingerprint density at radius 3 is 2.67 bits per heavy atom. The van der Waals surface area contributed by atoms with Gasteiger partial charge in [0.1, 0.15) is 0 Å². The number of nitrogens with zero attached hydrogens (tertiary/aromatic N) is 1. The van der Waals surface area contributed by atoms with Gasteiger partial charge in [0.15, 0.2) is 6.29 Å². The van der Waals surface area contributed by atoms with Gasteiger partial charge in [-0.2, -0.15) is 0 Å². The lowest BCUT2D eigenvalue weighted by Gasteiger charge is -2.07. The van der Waals surface area contributed by atoms with E-state index in [0.29, 0.717) is 0 Å². The van der Waals surface area contributed by atoms with E-state index in [1.54, 1.807) is 14.0 Å². The first-order valence-electron chi connectivity index (χ1n) is 3.16. The largest absolute Gasteiger partial charge is 0.354 e. The fourth-order valence-electron chi connectivity index (χ4n) is 0.292. The minimum atomic E-state index is -0.212. The molecule has 0 aliphatic heterocycles. The number of hydrogen-bond donors (Lipinski definition) is 0. The molecular formula is C6H14NO2. The molecule has 0 aromatic heterocycles. The van der Waals surface area contributed by atoms with E-state index in [2.05, 4.69) is 5.48 Å². The molecule has 0 spiro atoms. The van der Waals surface area contributed by atoms with Crippen LogP contribution in [0.1, 0.15) is 20.3 Å². The molecule has 0 saturated carbocycles. The normalized spacial score (nSPS) is 13.7. The molecule has 0 aromatic carbocycles. The van der Waals surface area contributed by atoms with Crippen molar-refractivity contribution in [3.05, 3.63) is 0 Å². The topological polar surface area (TPSA) is 32.6 Å². The third kappa shape index (κ3) is 5.76. The van der Waals surface area contributed by atoms with Crippen LogP contribution < -0.4 is 5.48 Å². The molecule has 0 rings (SSSR count). The highest BCUT2D eigenvalue weighted by molar-refractivity contribution is 4.28. The van der Waals surface area contributed by atoms with Crippen LogP contribution in [0.4, 0.5) is 0 Å². The first-order chi connectivity index (χ1) is 4.31. The number of ether oxygens (including phenoxy) is 1. The van der Waals surface area contributed by atoms with Crippen molar-refractivity contribution in [3.8, 4) is 0 Å². The van der Waals surface area contributed by atoms with Gasteiger partial charge >= 0.3 is 0 Å². The molecule has 55 valence electrons. The van der Waals surface area contributed by atoms with Crippen molar-refractivity contribution in [2.75, 3.05) is 13.7 Å². The van der Waals surface area contributed by atoms with Crippen LogP contribution in [0.25, 0.3) is 0 Å². The number of methoxy groups -OCH3 is 1. The Labute approximate surface area is 56.3 Å². The van der Waals surface area contributed by atoms with Crippen LogP contribution in [0.15, 0.2) is 0 Å². The summed E-state index contributed by atoms with van der Waals surface area (Å²) >= 11 is 0. The molecule has 0 saturated heterocycles. The summed E-state index contributed by atoms with van der Waals surface area (Å²) in [5, 5.41) is 0. The lowest BCUT2D eigenvalue weighted by molar-refractivity contribution is -0.157. The second-order valence-electron chi connectivity index (χ2n) is 1.76. The Morgan fingerprint density at radius 1 is 1.56 bits per heavy atom. The average Bonchev–Trinajstić information content (AvgIpc) is 1.89. The summed E-state index contributed by atoms with van der Waals surface area (Å²) in [6, 6.07) is 0. The number of hydroxylamine groups is 1. The van der Waals surface area contributed by atoms with Crippen LogP contribution in [0.2, 0.25) is 0 Å². The smallest absolute Gasteiger partial charge is 0.176 e. The molecule has 0 N–H and O–H groups in total. The van der Waals surface area contributed by atoms with Gasteiger partial charge in [0, 0.05) is 13.7 Å². The molecule has 3 heteroatoms. The zero-order valence-electron chi connectivity index (χ0n) is 6.26. The van der Waals surface area contributed by atoms with E-state index in [0.717, 1.165) is 13.0 Å². The molecule has 0 heterocycles. The molecule has 0 aliphatic carbocycles. The SMILES string of the molecule is CCC[N]OC(C)OC. The Morgan fingerprint density at radius 2 is 2.22 bits per heavy atom. The summed E-state index contributed by atoms with van der Waals surface area (Å²) in [6.07, 6.45) is 0.799. The first kappa shape index (κ1) is 8.88. The molecule has 9 heavy (non-hydrogen) atoms. The third-order valence-electron chi connectivity index (χ3n) is 0.870. The van der Waals surface area contributed by atoms with E-state index < -0.39 is 0 Å². The van der Waals surface area contributed by atoms with Gasteiger partial charge in [-0.05, 0) is 13.3 Å². The van der Waals surface area contributed by atoms with Gasteiger partial charge in [-0.15, -0.1) is 0 Å². The molecule has 1 atom stereocenters. The minimum Gasteiger partial charge on any atom is -0.354 e. The maximum absolute atomic E-state index is 4.83. The van der Waals surface area contributed by atoms with E-state index in [1.807, 2.05) is 6.92 Å². The zero-order valence-corrected chi connectivity index (χ0v) is 6.26. The molecule has 1 unspecified atom stereocenters. The standard InChI is InChI=1S/C6H14NO2/c1-4-5-7-9-6(2)8-3/h6H,4-5H2,1-3H3. The highest BCUT2D eigenvalue weighted by Gasteiger charge is 1.96. The maximum atomic E-state index is 4.83. The third-order valence-corrected chi connectivity index (χ3v) is 0.870. The van der Waals surface area contributed by atoms with Crippen molar-refractivity contribution in [1.29, 1.82) is 0 Å². The van der Waals surface area contributed by atoms with Gasteiger partial charge < -0.3 is 4.74 Å². The van der Waals surface area contributed by atoms with Gasteiger partial charge in [-0.3, -0.25) is 4.84 Å². The van der Waals surface area contributed by atoms with Crippen LogP contribution in [-0.2, 0) is 9.57 Å². The second kappa shape index (κ2) is 6.01. The van der Waals surface area contributed by atoms with Gasteiger partial charge in [-0.25, -0.2) is 0 Å². The molecule has 0 aliphatic rings.